The van der Waals surface area contributed by atoms with E-state index in [0.717, 1.165) is 19.1 Å². The number of amides is 1. The minimum Gasteiger partial charge on any atom is -0.406 e. The largest absolute Gasteiger partial charge is 0.573 e. The first kappa shape index (κ1) is 24.6. The maximum atomic E-state index is 12.8. The van der Waals surface area contributed by atoms with E-state index < -0.39 is 33.8 Å². The molecular weight excluding hydrogens is 477 g/mol. The summed E-state index contributed by atoms with van der Waals surface area (Å²) in [6.45, 7) is 1.06. The van der Waals surface area contributed by atoms with Crippen molar-refractivity contribution in [3.05, 3.63) is 66.0 Å². The summed E-state index contributed by atoms with van der Waals surface area (Å²) in [6, 6.07) is 10.1. The monoisotopic (exact) mass is 494 g/mol. The third-order valence-electron chi connectivity index (χ3n) is 4.33. The second-order valence-electron chi connectivity index (χ2n) is 6.97. The van der Waals surface area contributed by atoms with Gasteiger partial charge in [0.1, 0.15) is 11.4 Å². The van der Waals surface area contributed by atoms with Crippen LogP contribution in [-0.2, 0) is 21.2 Å². The topological polar surface area (TPSA) is 141 Å². The van der Waals surface area contributed by atoms with Crippen molar-refractivity contribution in [2.45, 2.75) is 24.6 Å². The van der Waals surface area contributed by atoms with Crippen molar-refractivity contribution in [1.29, 1.82) is 0 Å². The molecule has 0 fully saturated rings. The van der Waals surface area contributed by atoms with Crippen LogP contribution in [0.3, 0.4) is 0 Å². The molecule has 3 rings (SSSR count). The number of ether oxygens (including phenoxy) is 1. The van der Waals surface area contributed by atoms with Gasteiger partial charge < -0.3 is 10.5 Å². The van der Waals surface area contributed by atoms with E-state index in [-0.39, 0.29) is 28.5 Å². The fourth-order valence-electron chi connectivity index (χ4n) is 2.87. The molecule has 0 spiro atoms. The molecule has 34 heavy (non-hydrogen) atoms. The number of nitrogens with one attached hydrogen (secondary N) is 1. The van der Waals surface area contributed by atoms with E-state index in [4.69, 9.17) is 5.73 Å². The number of rotatable bonds is 7. The highest BCUT2D eigenvalue weighted by atomic mass is 32.2. The van der Waals surface area contributed by atoms with E-state index in [1.807, 2.05) is 4.72 Å². The highest BCUT2D eigenvalue weighted by molar-refractivity contribution is 7.90. The molecule has 0 aliphatic rings. The number of alkyl halides is 3. The highest BCUT2D eigenvalue weighted by Gasteiger charge is 2.31. The maximum absolute atomic E-state index is 12.8. The smallest absolute Gasteiger partial charge is 0.406 e. The number of aromatic nitrogens is 2. The number of nitrogen functional groups attached to an aromatic ring is 1. The van der Waals surface area contributed by atoms with Gasteiger partial charge in [0, 0.05) is 18.9 Å². The molecule has 0 saturated heterocycles. The number of sulfonamides is 1. The second kappa shape index (κ2) is 9.47. The van der Waals surface area contributed by atoms with Crippen LogP contribution in [0.2, 0.25) is 0 Å². The number of carbonyl (C=O) groups excluding carboxylic acids is 2. The van der Waals surface area contributed by atoms with Gasteiger partial charge in [-0.25, -0.2) is 23.1 Å². The average molecular weight is 494 g/mol. The lowest BCUT2D eigenvalue weighted by Gasteiger charge is -2.10. The lowest BCUT2D eigenvalue weighted by atomic mass is 10.1. The molecule has 1 aromatic heterocycles. The van der Waals surface area contributed by atoms with Crippen LogP contribution < -0.4 is 15.2 Å². The SMILES string of the molecule is CC(=O)NS(=O)(=O)c1ccc(CC(=O)c2nc(-c3ccc(OC(F)(F)F)cc3)cnc2N)cc1. The van der Waals surface area contributed by atoms with Crippen molar-refractivity contribution in [2.24, 2.45) is 0 Å². The number of carbonyl (C=O) groups is 2. The predicted molar refractivity (Wildman–Crippen MR) is 114 cm³/mol. The molecular formula is C21H17F3N4O5S. The minimum atomic E-state index is -4.82. The molecule has 2 aromatic carbocycles. The number of nitrogens with zero attached hydrogens (tertiary/aromatic N) is 2. The molecule has 1 heterocycles. The van der Waals surface area contributed by atoms with Gasteiger partial charge in [-0.3, -0.25) is 9.59 Å². The van der Waals surface area contributed by atoms with Gasteiger partial charge in [-0.15, -0.1) is 13.2 Å². The lowest BCUT2D eigenvalue weighted by Crippen LogP contribution is -2.28. The van der Waals surface area contributed by atoms with Crippen molar-refractivity contribution in [2.75, 3.05) is 5.73 Å². The molecule has 3 N–H and O–H groups in total. The van der Waals surface area contributed by atoms with Crippen LogP contribution in [0.1, 0.15) is 23.0 Å². The number of anilines is 1. The zero-order chi connectivity index (χ0) is 25.1. The Morgan fingerprint density at radius 3 is 2.24 bits per heavy atom. The van der Waals surface area contributed by atoms with Crippen molar-refractivity contribution < 1.29 is 35.9 Å². The van der Waals surface area contributed by atoms with Crippen molar-refractivity contribution >= 4 is 27.5 Å². The number of hydrogen-bond acceptors (Lipinski definition) is 8. The Bertz CT molecular complexity index is 1330. The molecule has 0 atom stereocenters. The van der Waals surface area contributed by atoms with Crippen molar-refractivity contribution in [1.82, 2.24) is 14.7 Å². The summed E-state index contributed by atoms with van der Waals surface area (Å²) < 4.78 is 66.6. The number of halogens is 3. The summed E-state index contributed by atoms with van der Waals surface area (Å²) >= 11 is 0. The Morgan fingerprint density at radius 1 is 1.06 bits per heavy atom. The van der Waals surface area contributed by atoms with E-state index in [0.29, 0.717) is 11.1 Å². The van der Waals surface area contributed by atoms with Crippen LogP contribution >= 0.6 is 0 Å². The van der Waals surface area contributed by atoms with Gasteiger partial charge in [-0.1, -0.05) is 12.1 Å². The quantitative estimate of drug-likeness (QED) is 0.478. The van der Waals surface area contributed by atoms with E-state index in [2.05, 4.69) is 14.7 Å². The van der Waals surface area contributed by atoms with Crippen LogP contribution in [0.25, 0.3) is 11.3 Å². The van der Waals surface area contributed by atoms with Crippen LogP contribution in [0, 0.1) is 0 Å². The predicted octanol–water partition coefficient (Wildman–Crippen LogP) is 2.87. The average Bonchev–Trinajstić information content (AvgIpc) is 2.73. The van der Waals surface area contributed by atoms with E-state index >= 15 is 0 Å². The second-order valence-corrected chi connectivity index (χ2v) is 8.65. The van der Waals surface area contributed by atoms with Gasteiger partial charge in [0.25, 0.3) is 10.0 Å². The molecule has 0 bridgehead atoms. The molecule has 1 amide bonds. The highest BCUT2D eigenvalue weighted by Crippen LogP contribution is 2.26. The third kappa shape index (κ3) is 6.28. The summed E-state index contributed by atoms with van der Waals surface area (Å²) in [5, 5.41) is 0. The first-order valence-corrected chi connectivity index (χ1v) is 11.0. The molecule has 178 valence electrons. The Hall–Kier alpha value is -4.00. The van der Waals surface area contributed by atoms with Gasteiger partial charge in [0.15, 0.2) is 11.6 Å². The molecule has 13 heteroatoms. The van der Waals surface area contributed by atoms with Crippen LogP contribution in [0.15, 0.2) is 59.6 Å². The summed E-state index contributed by atoms with van der Waals surface area (Å²) in [5.74, 6) is -1.81. The number of benzene rings is 2. The Morgan fingerprint density at radius 2 is 1.68 bits per heavy atom. The van der Waals surface area contributed by atoms with Crippen LogP contribution in [-0.4, -0.2) is 36.4 Å². The van der Waals surface area contributed by atoms with Gasteiger partial charge in [-0.05, 0) is 42.0 Å². The van der Waals surface area contributed by atoms with Gasteiger partial charge in [0.05, 0.1) is 16.8 Å². The zero-order valence-electron chi connectivity index (χ0n) is 17.5. The third-order valence-corrected chi connectivity index (χ3v) is 5.77. The molecule has 0 unspecified atom stereocenters. The summed E-state index contributed by atoms with van der Waals surface area (Å²) in [7, 11) is -4.01. The Kier molecular flexibility index (Phi) is 6.86. The van der Waals surface area contributed by atoms with E-state index in [9.17, 15) is 31.2 Å². The standard InChI is InChI=1S/C21H17F3N4O5S/c1-12(29)28-34(31,32)16-8-2-13(3-9-16)10-18(30)19-20(25)26-11-17(27-19)14-4-6-15(7-5-14)33-21(22,23)24/h2-9,11H,10H2,1H3,(H2,25,26)(H,28,29). The number of Topliss-reactive ketones (excluding diaryl/α,β-unsaturated/α-hetero) is 1. The van der Waals surface area contributed by atoms with Gasteiger partial charge in [0.2, 0.25) is 5.91 Å². The van der Waals surface area contributed by atoms with Crippen molar-refractivity contribution in [3.8, 4) is 17.0 Å². The molecule has 3 aromatic rings. The molecule has 0 aliphatic heterocycles. The first-order chi connectivity index (χ1) is 15.8. The zero-order valence-corrected chi connectivity index (χ0v) is 18.3. The maximum Gasteiger partial charge on any atom is 0.573 e. The van der Waals surface area contributed by atoms with Crippen LogP contribution in [0.4, 0.5) is 19.0 Å². The molecule has 0 radical (unpaired) electrons. The summed E-state index contributed by atoms with van der Waals surface area (Å²) in [5.41, 5.74) is 6.67. The first-order valence-electron chi connectivity index (χ1n) is 9.48. The molecule has 0 saturated carbocycles. The summed E-state index contributed by atoms with van der Waals surface area (Å²) in [4.78, 5) is 31.8. The number of nitrogens with two attached hydrogens (primary N) is 1. The van der Waals surface area contributed by atoms with Gasteiger partial charge >= 0.3 is 6.36 Å². The normalized spacial score (nSPS) is 11.6. The summed E-state index contributed by atoms with van der Waals surface area (Å²) in [6.07, 6.45) is -3.73. The fourth-order valence-corrected chi connectivity index (χ4v) is 3.86. The Labute approximate surface area is 191 Å². The molecule has 9 nitrogen and oxygen atoms in total. The van der Waals surface area contributed by atoms with E-state index in [1.165, 1.54) is 42.6 Å². The Balaban J connectivity index is 1.78. The van der Waals surface area contributed by atoms with Gasteiger partial charge in [-0.2, -0.15) is 0 Å². The lowest BCUT2D eigenvalue weighted by molar-refractivity contribution is -0.274. The number of hydrogen-bond donors (Lipinski definition) is 2. The minimum absolute atomic E-state index is 0.143. The van der Waals surface area contributed by atoms with E-state index in [1.54, 1.807) is 0 Å². The number of ketones is 1. The molecule has 0 aliphatic carbocycles. The van der Waals surface area contributed by atoms with Crippen LogP contribution in [0.5, 0.6) is 5.75 Å². The van der Waals surface area contributed by atoms with Crippen molar-refractivity contribution in [3.63, 3.8) is 0 Å². The fraction of sp³-hybridized carbons (Fsp3) is 0.143.